The van der Waals surface area contributed by atoms with Gasteiger partial charge in [-0.25, -0.2) is 19.2 Å². The molecular weight excluding hydrogens is 564 g/mol. The van der Waals surface area contributed by atoms with Crippen LogP contribution in [0, 0.1) is 12.3 Å². The summed E-state index contributed by atoms with van der Waals surface area (Å²) in [6.07, 6.45) is 1.36. The maximum atomic E-state index is 13.4. The normalized spacial score (nSPS) is 20.5. The number of rotatable bonds is 9. The van der Waals surface area contributed by atoms with E-state index in [1.54, 1.807) is 84.9 Å². The summed E-state index contributed by atoms with van der Waals surface area (Å²) in [5.74, 6) is -0.885. The van der Waals surface area contributed by atoms with Gasteiger partial charge in [-0.05, 0) is 54.5 Å². The molecule has 0 spiro atoms. The Morgan fingerprint density at radius 1 is 0.614 bits per heavy atom. The van der Waals surface area contributed by atoms with E-state index in [1.165, 1.54) is 36.4 Å². The zero-order valence-electron chi connectivity index (χ0n) is 23.2. The van der Waals surface area contributed by atoms with Gasteiger partial charge in [0.2, 0.25) is 0 Å². The average molecular weight is 591 g/mol. The van der Waals surface area contributed by atoms with Gasteiger partial charge in [-0.1, -0.05) is 72.8 Å². The Morgan fingerprint density at radius 3 is 1.48 bits per heavy atom. The molecule has 9 nitrogen and oxygen atoms in total. The van der Waals surface area contributed by atoms with Crippen molar-refractivity contribution >= 4 is 23.9 Å². The lowest BCUT2D eigenvalue weighted by atomic mass is 9.94. The SMILES string of the molecule is C#CC1(OC(=O)c2ccccc2)C(OC(=O)c2ccccc2)O[C@H](COC(=O)c2ccccc2)[C@H]1OC(=O)c1ccccc1. The molecule has 0 radical (unpaired) electrons. The summed E-state index contributed by atoms with van der Waals surface area (Å²) in [5, 5.41) is 0. The van der Waals surface area contributed by atoms with Crippen LogP contribution in [-0.2, 0) is 23.7 Å². The van der Waals surface area contributed by atoms with Gasteiger partial charge in [0, 0.05) is 0 Å². The van der Waals surface area contributed by atoms with Crippen molar-refractivity contribution in [3.8, 4) is 12.3 Å². The first-order valence-corrected chi connectivity index (χ1v) is 13.6. The molecule has 0 amide bonds. The van der Waals surface area contributed by atoms with Crippen LogP contribution in [0.4, 0.5) is 0 Å². The van der Waals surface area contributed by atoms with Gasteiger partial charge in [0.1, 0.15) is 12.7 Å². The minimum Gasteiger partial charge on any atom is -0.459 e. The first kappa shape index (κ1) is 29.8. The standard InChI is InChI=1S/C35H26O9/c1-2-35(44-33(39)27-21-13-6-14-22-27)29(42-31(37)25-17-9-4-10-18-25)28(23-40-30(36)24-15-7-3-8-16-24)41-34(35)43-32(38)26-19-11-5-12-20-26/h1,3-22,28-29,34H,23H2/t28-,29-,34?,35?/m1/s1. The molecule has 1 heterocycles. The van der Waals surface area contributed by atoms with Gasteiger partial charge in [-0.15, -0.1) is 6.42 Å². The van der Waals surface area contributed by atoms with E-state index in [1.807, 2.05) is 0 Å². The number of carbonyl (C=O) groups is 4. The van der Waals surface area contributed by atoms with Gasteiger partial charge in [0.15, 0.2) is 6.10 Å². The molecule has 4 aromatic carbocycles. The Morgan fingerprint density at radius 2 is 1.02 bits per heavy atom. The van der Waals surface area contributed by atoms with Gasteiger partial charge in [-0.2, -0.15) is 0 Å². The Hall–Kier alpha value is -5.72. The lowest BCUT2D eigenvalue weighted by Gasteiger charge is -2.32. The molecule has 1 saturated heterocycles. The van der Waals surface area contributed by atoms with Crippen molar-refractivity contribution in [2.24, 2.45) is 0 Å². The number of benzene rings is 4. The van der Waals surface area contributed by atoms with E-state index in [0.717, 1.165) is 0 Å². The van der Waals surface area contributed by atoms with Crippen molar-refractivity contribution in [2.75, 3.05) is 6.61 Å². The number of hydrogen-bond donors (Lipinski definition) is 0. The third-order valence-electron chi connectivity index (χ3n) is 6.76. The van der Waals surface area contributed by atoms with Gasteiger partial charge in [-0.3, -0.25) is 0 Å². The summed E-state index contributed by atoms with van der Waals surface area (Å²) >= 11 is 0. The van der Waals surface area contributed by atoms with Crippen LogP contribution in [-0.4, -0.2) is 54.6 Å². The molecule has 5 rings (SSSR count). The van der Waals surface area contributed by atoms with E-state index in [-0.39, 0.29) is 22.3 Å². The molecule has 0 bridgehead atoms. The highest BCUT2D eigenvalue weighted by Crippen LogP contribution is 2.39. The highest BCUT2D eigenvalue weighted by atomic mass is 16.8. The predicted octanol–water partition coefficient (Wildman–Crippen LogP) is 4.88. The van der Waals surface area contributed by atoms with E-state index in [4.69, 9.17) is 30.1 Å². The first-order valence-electron chi connectivity index (χ1n) is 13.6. The first-order chi connectivity index (χ1) is 21.4. The second kappa shape index (κ2) is 13.5. The van der Waals surface area contributed by atoms with Gasteiger partial charge in [0.25, 0.3) is 11.9 Å². The lowest BCUT2D eigenvalue weighted by molar-refractivity contribution is -0.161. The second-order valence-electron chi connectivity index (χ2n) is 9.63. The fourth-order valence-corrected chi connectivity index (χ4v) is 4.53. The van der Waals surface area contributed by atoms with Crippen molar-refractivity contribution in [3.63, 3.8) is 0 Å². The zero-order chi connectivity index (χ0) is 30.9. The van der Waals surface area contributed by atoms with Crippen LogP contribution in [0.1, 0.15) is 41.4 Å². The highest BCUT2D eigenvalue weighted by Gasteiger charge is 2.64. The molecule has 1 aliphatic heterocycles. The van der Waals surface area contributed by atoms with Crippen molar-refractivity contribution < 1.29 is 42.9 Å². The molecule has 0 N–H and O–H groups in total. The molecule has 44 heavy (non-hydrogen) atoms. The topological polar surface area (TPSA) is 114 Å². The second-order valence-corrected chi connectivity index (χ2v) is 9.63. The summed E-state index contributed by atoms with van der Waals surface area (Å²) in [5.41, 5.74) is -1.58. The number of ether oxygens (including phenoxy) is 5. The molecule has 220 valence electrons. The Labute approximate surface area is 253 Å². The fourth-order valence-electron chi connectivity index (χ4n) is 4.53. The molecule has 4 aromatic rings. The van der Waals surface area contributed by atoms with E-state index in [0.29, 0.717) is 0 Å². The van der Waals surface area contributed by atoms with Crippen molar-refractivity contribution in [1.82, 2.24) is 0 Å². The minimum absolute atomic E-state index is 0.127. The molecule has 0 saturated carbocycles. The Kier molecular flexibility index (Phi) is 9.13. The minimum atomic E-state index is -2.29. The van der Waals surface area contributed by atoms with Crippen LogP contribution < -0.4 is 0 Å². The summed E-state index contributed by atoms with van der Waals surface area (Å²) in [6.45, 7) is -0.494. The maximum Gasteiger partial charge on any atom is 0.340 e. The summed E-state index contributed by atoms with van der Waals surface area (Å²) in [7, 11) is 0. The molecule has 0 aliphatic carbocycles. The largest absolute Gasteiger partial charge is 0.459 e. The Balaban J connectivity index is 1.52. The third kappa shape index (κ3) is 6.51. The van der Waals surface area contributed by atoms with E-state index in [2.05, 4.69) is 5.92 Å². The molecular formula is C35H26O9. The average Bonchev–Trinajstić information content (AvgIpc) is 3.35. The lowest BCUT2D eigenvalue weighted by Crippen LogP contribution is -2.54. The monoisotopic (exact) mass is 590 g/mol. The van der Waals surface area contributed by atoms with Crippen LogP contribution >= 0.6 is 0 Å². The number of terminal acetylenes is 1. The Bertz CT molecular complexity index is 1650. The van der Waals surface area contributed by atoms with Crippen LogP contribution in [0.3, 0.4) is 0 Å². The van der Waals surface area contributed by atoms with E-state index < -0.39 is 54.6 Å². The summed E-state index contributed by atoms with van der Waals surface area (Å²) < 4.78 is 28.9. The van der Waals surface area contributed by atoms with Crippen LogP contribution in [0.5, 0.6) is 0 Å². The van der Waals surface area contributed by atoms with Gasteiger partial charge in [0.05, 0.1) is 22.3 Å². The molecule has 2 unspecified atom stereocenters. The van der Waals surface area contributed by atoms with Gasteiger partial charge < -0.3 is 23.7 Å². The number of carbonyl (C=O) groups excluding carboxylic acids is 4. The third-order valence-corrected chi connectivity index (χ3v) is 6.76. The van der Waals surface area contributed by atoms with E-state index >= 15 is 0 Å². The number of hydrogen-bond acceptors (Lipinski definition) is 9. The summed E-state index contributed by atoms with van der Waals surface area (Å²) in [4.78, 5) is 52.7. The smallest absolute Gasteiger partial charge is 0.340 e. The summed E-state index contributed by atoms with van der Waals surface area (Å²) in [6, 6.07) is 32.1. The fraction of sp³-hybridized carbons (Fsp3) is 0.143. The predicted molar refractivity (Wildman–Crippen MR) is 156 cm³/mol. The number of esters is 4. The molecule has 1 fully saturated rings. The van der Waals surface area contributed by atoms with Crippen molar-refractivity contribution in [3.05, 3.63) is 144 Å². The van der Waals surface area contributed by atoms with E-state index in [9.17, 15) is 19.2 Å². The molecule has 1 aliphatic rings. The highest BCUT2D eigenvalue weighted by molar-refractivity contribution is 5.92. The molecule has 0 aromatic heterocycles. The van der Waals surface area contributed by atoms with Crippen molar-refractivity contribution in [2.45, 2.75) is 24.1 Å². The van der Waals surface area contributed by atoms with Crippen molar-refractivity contribution in [1.29, 1.82) is 0 Å². The van der Waals surface area contributed by atoms with Crippen LogP contribution in [0.15, 0.2) is 121 Å². The quantitative estimate of drug-likeness (QED) is 0.153. The molecule has 9 heteroatoms. The van der Waals surface area contributed by atoms with Crippen LogP contribution in [0.2, 0.25) is 0 Å². The van der Waals surface area contributed by atoms with Gasteiger partial charge >= 0.3 is 23.9 Å². The molecule has 4 atom stereocenters. The van der Waals surface area contributed by atoms with Crippen LogP contribution in [0.25, 0.3) is 0 Å². The maximum absolute atomic E-state index is 13.4. The zero-order valence-corrected chi connectivity index (χ0v) is 23.2.